The van der Waals surface area contributed by atoms with Crippen LogP contribution >= 0.6 is 11.6 Å². The molecule has 0 N–H and O–H groups in total. The molecule has 0 unspecified atom stereocenters. The lowest BCUT2D eigenvalue weighted by Gasteiger charge is -2.05. The second kappa shape index (κ2) is 30.8. The number of carbonyl (C=O) groups is 1. The molecular formula is C52H77ClO2. The lowest BCUT2D eigenvalue weighted by atomic mass is 10.0. The molecule has 0 aromatic heterocycles. The van der Waals surface area contributed by atoms with Crippen molar-refractivity contribution in [3.8, 4) is 0 Å². The van der Waals surface area contributed by atoms with Crippen LogP contribution in [0.5, 0.6) is 0 Å². The smallest absolute Gasteiger partial charge is 0.338 e. The third-order valence-corrected chi connectivity index (χ3v) is 10.3. The average molecular weight is 770 g/mol. The van der Waals surface area contributed by atoms with Crippen LogP contribution in [0, 0.1) is 0 Å². The average Bonchev–Trinajstić information content (AvgIpc) is 3.11. The van der Waals surface area contributed by atoms with Crippen LogP contribution in [0.4, 0.5) is 0 Å². The predicted molar refractivity (Wildman–Crippen MR) is 245 cm³/mol. The van der Waals surface area contributed by atoms with Crippen molar-refractivity contribution in [1.82, 2.24) is 0 Å². The van der Waals surface area contributed by atoms with Gasteiger partial charge in [-0.3, -0.25) is 0 Å². The summed E-state index contributed by atoms with van der Waals surface area (Å²) in [5.74, 6) is -0.324. The van der Waals surface area contributed by atoms with Crippen LogP contribution in [0.25, 0.3) is 0 Å². The number of rotatable bonds is 27. The summed E-state index contributed by atoms with van der Waals surface area (Å²) in [5.41, 5.74) is 13.7. The van der Waals surface area contributed by atoms with Crippen LogP contribution in [-0.2, 0) is 4.74 Å². The molecule has 0 amide bonds. The van der Waals surface area contributed by atoms with Crippen LogP contribution in [0.1, 0.15) is 182 Å². The second-order valence-electron chi connectivity index (χ2n) is 16.1. The van der Waals surface area contributed by atoms with Gasteiger partial charge in [-0.2, -0.15) is 0 Å². The van der Waals surface area contributed by atoms with E-state index in [2.05, 4.69) is 118 Å². The number of esters is 1. The maximum Gasteiger partial charge on any atom is 0.338 e. The lowest BCUT2D eigenvalue weighted by molar-refractivity contribution is 0.0549. The first kappa shape index (κ1) is 49.7. The van der Waals surface area contributed by atoms with Crippen LogP contribution in [0.2, 0.25) is 5.02 Å². The number of hydrogen-bond acceptors (Lipinski definition) is 2. The van der Waals surface area contributed by atoms with E-state index < -0.39 is 0 Å². The number of allylic oxidation sites excluding steroid dienone is 17. The zero-order valence-corrected chi connectivity index (χ0v) is 37.5. The van der Waals surface area contributed by atoms with E-state index in [1.54, 1.807) is 24.3 Å². The van der Waals surface area contributed by atoms with Crippen LogP contribution in [0.15, 0.2) is 129 Å². The van der Waals surface area contributed by atoms with E-state index >= 15 is 0 Å². The normalized spacial score (nSPS) is 14.1. The topological polar surface area (TPSA) is 26.3 Å². The summed E-state index contributed by atoms with van der Waals surface area (Å²) >= 11 is 5.89. The molecule has 0 saturated heterocycles. The highest BCUT2D eigenvalue weighted by molar-refractivity contribution is 6.30. The summed E-state index contributed by atoms with van der Waals surface area (Å²) in [5, 5.41) is 0.607. The van der Waals surface area contributed by atoms with Gasteiger partial charge in [0.05, 0.1) is 5.56 Å². The highest BCUT2D eigenvalue weighted by Gasteiger charge is 2.05. The Labute approximate surface area is 344 Å². The second-order valence-corrected chi connectivity index (χ2v) is 16.5. The minimum atomic E-state index is -0.324. The molecule has 0 radical (unpaired) electrons. The van der Waals surface area contributed by atoms with Gasteiger partial charge < -0.3 is 4.74 Å². The summed E-state index contributed by atoms with van der Waals surface area (Å²) < 4.78 is 5.37. The van der Waals surface area contributed by atoms with Gasteiger partial charge in [-0.1, -0.05) is 110 Å². The SMILES string of the molecule is CC(C)=CCCC(C)=CCCC(C)=CCCC(C)=CCCC(C)=CCCC(C)=CCCC(C)=CCCC(C)=CCCC(C)=CCOC(=O)c1ccc(Cl)cc1. The molecule has 0 heterocycles. The minimum absolute atomic E-state index is 0.291. The fourth-order valence-corrected chi connectivity index (χ4v) is 6.28. The van der Waals surface area contributed by atoms with Gasteiger partial charge in [-0.05, 0) is 202 Å². The zero-order chi connectivity index (χ0) is 40.8. The molecule has 1 aromatic carbocycles. The Morgan fingerprint density at radius 1 is 0.418 bits per heavy atom. The standard InChI is InChI=1S/C52H77ClO2/c1-41(2)19-11-20-42(3)21-12-22-43(4)23-13-24-44(5)25-14-26-45(6)27-15-28-46(7)29-16-30-47(8)31-17-32-48(9)33-18-34-49(10)39-40-55-52(54)50-35-37-51(53)38-36-50/h19,21,23,25,27,29,31,33,35-39H,11-18,20,22,24,26,28,30,32,34,40H2,1-10H3. The first-order valence-electron chi connectivity index (χ1n) is 21.1. The lowest BCUT2D eigenvalue weighted by Crippen LogP contribution is -2.05. The molecule has 1 aromatic rings. The molecule has 0 aliphatic carbocycles. The van der Waals surface area contributed by atoms with Crippen LogP contribution in [0.3, 0.4) is 0 Å². The highest BCUT2D eigenvalue weighted by Crippen LogP contribution is 2.18. The zero-order valence-electron chi connectivity index (χ0n) is 36.7. The molecule has 55 heavy (non-hydrogen) atoms. The number of hydrogen-bond donors (Lipinski definition) is 0. The first-order valence-corrected chi connectivity index (χ1v) is 21.4. The van der Waals surface area contributed by atoms with E-state index in [-0.39, 0.29) is 5.97 Å². The van der Waals surface area contributed by atoms with Crippen LogP contribution < -0.4 is 0 Å². The van der Waals surface area contributed by atoms with Gasteiger partial charge in [0, 0.05) is 5.02 Å². The molecule has 2 nitrogen and oxygen atoms in total. The number of halogens is 1. The maximum absolute atomic E-state index is 12.1. The Morgan fingerprint density at radius 2 is 0.673 bits per heavy atom. The molecule has 3 heteroatoms. The van der Waals surface area contributed by atoms with E-state index in [0.717, 1.165) is 83.5 Å². The third-order valence-electron chi connectivity index (χ3n) is 10.0. The molecule has 0 aliphatic heterocycles. The van der Waals surface area contributed by atoms with Crippen molar-refractivity contribution in [1.29, 1.82) is 0 Å². The van der Waals surface area contributed by atoms with Gasteiger partial charge in [0.25, 0.3) is 0 Å². The number of benzene rings is 1. The van der Waals surface area contributed by atoms with Gasteiger partial charge in [0.15, 0.2) is 0 Å². The van der Waals surface area contributed by atoms with Crippen molar-refractivity contribution in [3.63, 3.8) is 0 Å². The predicted octanol–water partition coefficient (Wildman–Crippen LogP) is 17.3. The van der Waals surface area contributed by atoms with E-state index in [1.807, 2.05) is 6.08 Å². The molecule has 0 fully saturated rings. The molecule has 0 saturated carbocycles. The van der Waals surface area contributed by atoms with Gasteiger partial charge >= 0.3 is 5.97 Å². The number of carbonyl (C=O) groups excluding carboxylic acids is 1. The van der Waals surface area contributed by atoms with Crippen molar-refractivity contribution < 1.29 is 9.53 Å². The Balaban J connectivity index is 2.22. The molecule has 0 bridgehead atoms. The Bertz CT molecular complexity index is 1540. The van der Waals surface area contributed by atoms with Gasteiger partial charge in [0.1, 0.15) is 6.61 Å². The van der Waals surface area contributed by atoms with E-state index in [1.165, 1.54) is 69.4 Å². The molecule has 0 spiro atoms. The van der Waals surface area contributed by atoms with E-state index in [4.69, 9.17) is 16.3 Å². The van der Waals surface area contributed by atoms with E-state index in [0.29, 0.717) is 17.2 Å². The molecule has 1 rings (SSSR count). The Hall–Kier alpha value is -3.36. The molecule has 0 aliphatic rings. The van der Waals surface area contributed by atoms with Crippen LogP contribution in [-0.4, -0.2) is 12.6 Å². The van der Waals surface area contributed by atoms with Crippen molar-refractivity contribution in [2.45, 2.75) is 172 Å². The quantitative estimate of drug-likeness (QED) is 0.0658. The van der Waals surface area contributed by atoms with Crippen molar-refractivity contribution in [2.24, 2.45) is 0 Å². The van der Waals surface area contributed by atoms with Crippen molar-refractivity contribution in [3.05, 3.63) is 140 Å². The van der Waals surface area contributed by atoms with Crippen molar-refractivity contribution >= 4 is 17.6 Å². The van der Waals surface area contributed by atoms with Gasteiger partial charge in [0.2, 0.25) is 0 Å². The Morgan fingerprint density at radius 3 is 0.945 bits per heavy atom. The molecular weight excluding hydrogens is 692 g/mol. The highest BCUT2D eigenvalue weighted by atomic mass is 35.5. The molecule has 0 atom stereocenters. The summed E-state index contributed by atoms with van der Waals surface area (Å²) in [6.45, 7) is 22.7. The summed E-state index contributed by atoms with van der Waals surface area (Å²) in [4.78, 5) is 12.1. The van der Waals surface area contributed by atoms with E-state index in [9.17, 15) is 4.79 Å². The largest absolute Gasteiger partial charge is 0.458 e. The summed E-state index contributed by atoms with van der Waals surface area (Å²) in [6.07, 6.45) is 39.3. The first-order chi connectivity index (χ1) is 26.2. The fraction of sp³-hybridized carbons (Fsp3) is 0.519. The minimum Gasteiger partial charge on any atom is -0.458 e. The monoisotopic (exact) mass is 769 g/mol. The molecule has 304 valence electrons. The van der Waals surface area contributed by atoms with Crippen molar-refractivity contribution in [2.75, 3.05) is 6.61 Å². The maximum atomic E-state index is 12.1. The summed E-state index contributed by atoms with van der Waals surface area (Å²) in [6, 6.07) is 6.77. The Kier molecular flexibility index (Phi) is 27.8. The summed E-state index contributed by atoms with van der Waals surface area (Å²) in [7, 11) is 0. The number of ether oxygens (including phenoxy) is 1. The third kappa shape index (κ3) is 28.7. The van der Waals surface area contributed by atoms with Gasteiger partial charge in [-0.15, -0.1) is 0 Å². The van der Waals surface area contributed by atoms with Gasteiger partial charge in [-0.25, -0.2) is 4.79 Å². The fourth-order valence-electron chi connectivity index (χ4n) is 6.16.